The first-order valence-electron chi connectivity index (χ1n) is 4.41. The molecule has 0 aliphatic heterocycles. The molecule has 0 aromatic heterocycles. The topological polar surface area (TPSA) is 35.2 Å². The van der Waals surface area contributed by atoms with Crippen LogP contribution in [-0.4, -0.2) is 19.9 Å². The maximum atomic E-state index is 5.42. The number of hydrogen-bond acceptors (Lipinski definition) is 3. The second kappa shape index (κ2) is 5.73. The molecule has 76 valence electrons. The summed E-state index contributed by atoms with van der Waals surface area (Å²) in [5.74, 6) is 0.890. The van der Waals surface area contributed by atoms with Crippen LogP contribution in [0, 0.1) is 0 Å². The number of nitrogens with two attached hydrogens (primary N) is 1. The summed E-state index contributed by atoms with van der Waals surface area (Å²) in [4.78, 5) is 1.20. The second-order valence-electron chi connectivity index (χ2n) is 2.71. The molecule has 0 unspecified atom stereocenters. The van der Waals surface area contributed by atoms with Gasteiger partial charge in [0.1, 0.15) is 5.75 Å². The van der Waals surface area contributed by atoms with Crippen LogP contribution in [0.4, 0.5) is 0 Å². The fourth-order valence-corrected chi connectivity index (χ4v) is 1.83. The first kappa shape index (κ1) is 11.1. The number of ether oxygens (including phenoxy) is 1. The largest absolute Gasteiger partial charge is 0.496 e. The average Bonchev–Trinajstić information content (AvgIpc) is 2.25. The van der Waals surface area contributed by atoms with E-state index < -0.39 is 0 Å². The molecule has 0 spiro atoms. The number of thioether (sulfide) groups is 1. The quantitative estimate of drug-likeness (QED) is 0.773. The van der Waals surface area contributed by atoms with Crippen LogP contribution in [0.3, 0.4) is 0 Å². The number of rotatable bonds is 4. The molecule has 0 saturated heterocycles. The van der Waals surface area contributed by atoms with Crippen LogP contribution in [-0.2, 0) is 0 Å². The fraction of sp³-hybridized carbons (Fsp3) is 0.273. The minimum absolute atomic E-state index is 0.547. The predicted molar refractivity (Wildman–Crippen MR) is 62.9 cm³/mol. The van der Waals surface area contributed by atoms with Gasteiger partial charge in [0.05, 0.1) is 7.11 Å². The highest BCUT2D eigenvalue weighted by Crippen LogP contribution is 2.29. The third-order valence-corrected chi connectivity index (χ3v) is 2.68. The van der Waals surface area contributed by atoms with Gasteiger partial charge in [-0.3, -0.25) is 0 Å². The molecule has 2 N–H and O–H groups in total. The van der Waals surface area contributed by atoms with Crippen LogP contribution < -0.4 is 10.5 Å². The summed E-state index contributed by atoms with van der Waals surface area (Å²) in [5, 5.41) is 0. The Bertz CT molecular complexity index is 301. The summed E-state index contributed by atoms with van der Waals surface area (Å²) in [6, 6.07) is 6.02. The lowest BCUT2D eigenvalue weighted by Crippen LogP contribution is -1.93. The Balaban J connectivity index is 3.12. The van der Waals surface area contributed by atoms with Gasteiger partial charge in [-0.05, 0) is 18.4 Å². The van der Waals surface area contributed by atoms with E-state index >= 15 is 0 Å². The van der Waals surface area contributed by atoms with E-state index in [4.69, 9.17) is 10.5 Å². The van der Waals surface area contributed by atoms with Gasteiger partial charge >= 0.3 is 0 Å². The highest BCUT2D eigenvalue weighted by atomic mass is 32.2. The maximum absolute atomic E-state index is 5.42. The van der Waals surface area contributed by atoms with Crippen LogP contribution in [0.25, 0.3) is 6.08 Å². The Morgan fingerprint density at radius 1 is 1.50 bits per heavy atom. The summed E-state index contributed by atoms with van der Waals surface area (Å²) in [7, 11) is 1.68. The van der Waals surface area contributed by atoms with Gasteiger partial charge in [-0.2, -0.15) is 0 Å². The third kappa shape index (κ3) is 2.53. The SMILES string of the molecule is COc1cccc(SC)c1/C=C/CN. The first-order valence-corrected chi connectivity index (χ1v) is 5.63. The first-order chi connectivity index (χ1) is 6.83. The van der Waals surface area contributed by atoms with Gasteiger partial charge < -0.3 is 10.5 Å². The fourth-order valence-electron chi connectivity index (χ4n) is 1.23. The molecule has 0 saturated carbocycles. The van der Waals surface area contributed by atoms with E-state index in [1.807, 2.05) is 24.3 Å². The summed E-state index contributed by atoms with van der Waals surface area (Å²) in [6.07, 6.45) is 5.98. The van der Waals surface area contributed by atoms with E-state index in [0.717, 1.165) is 11.3 Å². The third-order valence-electron chi connectivity index (χ3n) is 1.89. The molecule has 2 nitrogen and oxygen atoms in total. The molecule has 1 rings (SSSR count). The maximum Gasteiger partial charge on any atom is 0.127 e. The van der Waals surface area contributed by atoms with E-state index in [2.05, 4.69) is 12.3 Å². The molecule has 1 aromatic carbocycles. The number of hydrogen-bond donors (Lipinski definition) is 1. The van der Waals surface area contributed by atoms with E-state index in [-0.39, 0.29) is 0 Å². The predicted octanol–water partition coefficient (Wildman–Crippen LogP) is 2.39. The van der Waals surface area contributed by atoms with E-state index in [9.17, 15) is 0 Å². The van der Waals surface area contributed by atoms with Gasteiger partial charge in [-0.1, -0.05) is 18.2 Å². The molecular weight excluding hydrogens is 194 g/mol. The van der Waals surface area contributed by atoms with Gasteiger partial charge in [0.15, 0.2) is 0 Å². The van der Waals surface area contributed by atoms with Crippen molar-refractivity contribution in [3.8, 4) is 5.75 Å². The van der Waals surface area contributed by atoms with Crippen molar-refractivity contribution < 1.29 is 4.74 Å². The normalized spacial score (nSPS) is 10.8. The van der Waals surface area contributed by atoms with Crippen LogP contribution in [0.5, 0.6) is 5.75 Å². The molecule has 0 fully saturated rings. The van der Waals surface area contributed by atoms with Gasteiger partial charge in [0.2, 0.25) is 0 Å². The molecule has 0 bridgehead atoms. The summed E-state index contributed by atoms with van der Waals surface area (Å²) >= 11 is 1.70. The highest BCUT2D eigenvalue weighted by molar-refractivity contribution is 7.98. The van der Waals surface area contributed by atoms with E-state index in [1.165, 1.54) is 4.90 Å². The van der Waals surface area contributed by atoms with Crippen molar-refractivity contribution in [2.45, 2.75) is 4.90 Å². The van der Waals surface area contributed by atoms with Gasteiger partial charge in [-0.25, -0.2) is 0 Å². The summed E-state index contributed by atoms with van der Waals surface area (Å²) in [6.45, 7) is 0.547. The number of methoxy groups -OCH3 is 1. The van der Waals surface area contributed by atoms with Crippen molar-refractivity contribution in [2.24, 2.45) is 5.73 Å². The Morgan fingerprint density at radius 2 is 2.29 bits per heavy atom. The minimum Gasteiger partial charge on any atom is -0.496 e. The highest BCUT2D eigenvalue weighted by Gasteiger charge is 2.03. The molecule has 0 amide bonds. The van der Waals surface area contributed by atoms with Crippen molar-refractivity contribution in [3.63, 3.8) is 0 Å². The molecule has 1 aromatic rings. The lowest BCUT2D eigenvalue weighted by Gasteiger charge is -2.08. The second-order valence-corrected chi connectivity index (χ2v) is 3.56. The molecule has 3 heteroatoms. The smallest absolute Gasteiger partial charge is 0.127 e. The zero-order valence-corrected chi connectivity index (χ0v) is 9.30. The van der Waals surface area contributed by atoms with Gasteiger partial charge in [0.25, 0.3) is 0 Å². The van der Waals surface area contributed by atoms with Crippen LogP contribution >= 0.6 is 11.8 Å². The standard InChI is InChI=1S/C11H15NOS/c1-13-10-6-3-7-11(14-2)9(10)5-4-8-12/h3-7H,8,12H2,1-2H3/b5-4+. The molecule has 0 aliphatic carbocycles. The van der Waals surface area contributed by atoms with Crippen LogP contribution in [0.2, 0.25) is 0 Å². The average molecular weight is 209 g/mol. The zero-order chi connectivity index (χ0) is 10.4. The van der Waals surface area contributed by atoms with Crippen molar-refractivity contribution in [2.75, 3.05) is 19.9 Å². The zero-order valence-electron chi connectivity index (χ0n) is 8.49. The van der Waals surface area contributed by atoms with Crippen molar-refractivity contribution >= 4 is 17.8 Å². The van der Waals surface area contributed by atoms with Crippen molar-refractivity contribution in [3.05, 3.63) is 29.8 Å². The van der Waals surface area contributed by atoms with Crippen LogP contribution in [0.15, 0.2) is 29.2 Å². The Kier molecular flexibility index (Phi) is 4.56. The number of benzene rings is 1. The Labute approximate surface area is 89.1 Å². The molecular formula is C11H15NOS. The minimum atomic E-state index is 0.547. The monoisotopic (exact) mass is 209 g/mol. The molecule has 0 radical (unpaired) electrons. The molecule has 0 aliphatic rings. The van der Waals surface area contributed by atoms with Gasteiger partial charge in [-0.15, -0.1) is 11.8 Å². The summed E-state index contributed by atoms with van der Waals surface area (Å²) < 4.78 is 5.28. The van der Waals surface area contributed by atoms with E-state index in [0.29, 0.717) is 6.54 Å². The molecule has 0 heterocycles. The Hall–Kier alpha value is -0.930. The molecule has 0 atom stereocenters. The van der Waals surface area contributed by atoms with Crippen molar-refractivity contribution in [1.82, 2.24) is 0 Å². The van der Waals surface area contributed by atoms with Gasteiger partial charge in [0, 0.05) is 17.0 Å². The van der Waals surface area contributed by atoms with Crippen molar-refractivity contribution in [1.29, 1.82) is 0 Å². The van der Waals surface area contributed by atoms with E-state index in [1.54, 1.807) is 18.9 Å². The summed E-state index contributed by atoms with van der Waals surface area (Å²) in [5.41, 5.74) is 6.53. The lowest BCUT2D eigenvalue weighted by atomic mass is 10.2. The molecule has 14 heavy (non-hydrogen) atoms. The Morgan fingerprint density at radius 3 is 2.86 bits per heavy atom. The lowest BCUT2D eigenvalue weighted by molar-refractivity contribution is 0.412. The van der Waals surface area contributed by atoms with Crippen LogP contribution in [0.1, 0.15) is 5.56 Å².